The van der Waals surface area contributed by atoms with E-state index >= 15 is 0 Å². The number of hydroxylamine groups is 2. The Labute approximate surface area is 339 Å². The van der Waals surface area contributed by atoms with E-state index < -0.39 is 49.5 Å². The molecule has 0 amide bonds. The van der Waals surface area contributed by atoms with E-state index in [1.54, 1.807) is 26.4 Å². The summed E-state index contributed by atoms with van der Waals surface area (Å²) in [6.45, 7) is 8.78. The Morgan fingerprint density at radius 2 is 1.48 bits per heavy atom. The van der Waals surface area contributed by atoms with Crippen molar-refractivity contribution in [1.29, 1.82) is 5.26 Å². The highest BCUT2D eigenvalue weighted by molar-refractivity contribution is 7.44. The zero-order valence-corrected chi connectivity index (χ0v) is 34.8. The third-order valence-electron chi connectivity index (χ3n) is 10.1. The van der Waals surface area contributed by atoms with Crippen LogP contribution in [-0.4, -0.2) is 97.0 Å². The summed E-state index contributed by atoms with van der Waals surface area (Å²) in [5.74, 6) is -0.404. The van der Waals surface area contributed by atoms with Gasteiger partial charge in [0, 0.05) is 31.5 Å². The smallest absolute Gasteiger partial charge is 0.330 e. The molecular weight excluding hydrogens is 765 g/mol. The summed E-state index contributed by atoms with van der Waals surface area (Å²) in [6, 6.07) is 27.6. The van der Waals surface area contributed by atoms with Crippen LogP contribution in [0.25, 0.3) is 0 Å². The third-order valence-corrected chi connectivity index (χ3v) is 12.2. The Hall–Kier alpha value is -4.46. The van der Waals surface area contributed by atoms with E-state index in [1.165, 1.54) is 16.8 Å². The minimum absolute atomic E-state index is 0.0201. The fraction of sp³-hybridized carbons (Fsp3) is 0.452. The van der Waals surface area contributed by atoms with Gasteiger partial charge in [0.15, 0.2) is 6.23 Å². The van der Waals surface area contributed by atoms with Gasteiger partial charge in [-0.3, -0.25) is 19.2 Å². The molecule has 2 aliphatic rings. The third kappa shape index (κ3) is 8.77. The Morgan fingerprint density at radius 1 is 0.879 bits per heavy atom. The number of aromatic amines is 1. The summed E-state index contributed by atoms with van der Waals surface area (Å²) in [7, 11) is 2.91. The summed E-state index contributed by atoms with van der Waals surface area (Å²) in [4.78, 5) is 34.8. The van der Waals surface area contributed by atoms with E-state index in [-0.39, 0.29) is 44.9 Å². The standard InChI is InChI=1S/C42H52N5O10P/c1-29(2)47(30(3)4)58(54-25-11-23-43)56-38-37-39(45-24-22-36(48)44-40(45)49)55-41(38,28-46(37)53-27-26-50-5)57-42(31-12-9-8-10-13-31,32-14-18-34(51-6)19-15-32)33-16-20-35(52-7)21-17-33/h8-10,12-22,24,29-30,37-39H,11,25-28H2,1-7H3,(H,44,48,49)/t37-,38+,39+,41+,58?/m1/s1. The van der Waals surface area contributed by atoms with Crippen molar-refractivity contribution in [3.8, 4) is 17.6 Å². The van der Waals surface area contributed by atoms with Gasteiger partial charge in [-0.1, -0.05) is 54.6 Å². The van der Waals surface area contributed by atoms with Crippen molar-refractivity contribution in [2.75, 3.05) is 47.7 Å². The maximum absolute atomic E-state index is 13.6. The average molecular weight is 818 g/mol. The highest BCUT2D eigenvalue weighted by Gasteiger charge is 2.70. The number of nitrogens with one attached hydrogen (secondary N) is 1. The number of hydrogen-bond donors (Lipinski definition) is 1. The molecule has 0 radical (unpaired) electrons. The van der Waals surface area contributed by atoms with Crippen LogP contribution in [0.1, 0.15) is 57.0 Å². The van der Waals surface area contributed by atoms with Crippen LogP contribution < -0.4 is 20.7 Å². The first-order valence-electron chi connectivity index (χ1n) is 19.2. The van der Waals surface area contributed by atoms with E-state index in [4.69, 9.17) is 37.6 Å². The van der Waals surface area contributed by atoms with E-state index in [0.717, 1.165) is 16.7 Å². The van der Waals surface area contributed by atoms with E-state index in [1.807, 2.05) is 78.9 Å². The molecule has 4 aromatic rings. The highest BCUT2D eigenvalue weighted by atomic mass is 31.2. The van der Waals surface area contributed by atoms with Crippen molar-refractivity contribution in [2.45, 2.75) is 76.0 Å². The summed E-state index contributed by atoms with van der Waals surface area (Å²) in [6.07, 6.45) is -0.547. The molecule has 58 heavy (non-hydrogen) atoms. The molecule has 1 unspecified atom stereocenters. The lowest BCUT2D eigenvalue weighted by atomic mass is 9.79. The maximum Gasteiger partial charge on any atom is 0.330 e. The molecule has 3 heterocycles. The van der Waals surface area contributed by atoms with Crippen molar-refractivity contribution in [1.82, 2.24) is 19.3 Å². The van der Waals surface area contributed by atoms with Crippen LogP contribution in [0, 0.1) is 11.3 Å². The molecule has 15 nitrogen and oxygen atoms in total. The lowest BCUT2D eigenvalue weighted by molar-refractivity contribution is -0.333. The molecule has 0 saturated carbocycles. The maximum atomic E-state index is 13.6. The number of aromatic nitrogens is 2. The van der Waals surface area contributed by atoms with Gasteiger partial charge >= 0.3 is 5.69 Å². The molecule has 310 valence electrons. The van der Waals surface area contributed by atoms with Crippen LogP contribution in [0.15, 0.2) is 101 Å². The van der Waals surface area contributed by atoms with Crippen molar-refractivity contribution < 1.29 is 37.6 Å². The van der Waals surface area contributed by atoms with Gasteiger partial charge in [-0.05, 0) is 68.7 Å². The molecule has 2 aliphatic heterocycles. The molecule has 2 saturated heterocycles. The van der Waals surface area contributed by atoms with Gasteiger partial charge in [-0.2, -0.15) is 10.3 Å². The number of ether oxygens (including phenoxy) is 5. The molecule has 3 aromatic carbocycles. The van der Waals surface area contributed by atoms with Crippen LogP contribution in [0.2, 0.25) is 0 Å². The predicted octanol–water partition coefficient (Wildman–Crippen LogP) is 5.71. The topological polar surface area (TPSA) is 159 Å². The fourth-order valence-corrected chi connectivity index (χ4v) is 9.41. The molecule has 6 rings (SSSR count). The van der Waals surface area contributed by atoms with Crippen molar-refractivity contribution in [3.63, 3.8) is 0 Å². The molecule has 0 aliphatic carbocycles. The first-order valence-corrected chi connectivity index (χ1v) is 20.3. The lowest BCUT2D eigenvalue weighted by Crippen LogP contribution is -2.53. The molecular formula is C42H52N5O10P. The number of H-pyrrole nitrogens is 1. The van der Waals surface area contributed by atoms with Gasteiger partial charge in [-0.25, -0.2) is 9.46 Å². The second kappa shape index (κ2) is 19.1. The van der Waals surface area contributed by atoms with Crippen LogP contribution in [0.3, 0.4) is 0 Å². The Bertz CT molecular complexity index is 2040. The highest BCUT2D eigenvalue weighted by Crippen LogP contribution is 2.59. The summed E-state index contributed by atoms with van der Waals surface area (Å²) in [5.41, 5.74) is -0.411. The molecule has 2 fully saturated rings. The number of rotatable bonds is 20. The molecule has 2 bridgehead atoms. The lowest BCUT2D eigenvalue weighted by Gasteiger charge is -2.45. The Morgan fingerprint density at radius 3 is 2.02 bits per heavy atom. The largest absolute Gasteiger partial charge is 0.497 e. The number of morpholine rings is 1. The van der Waals surface area contributed by atoms with Gasteiger partial charge in [0.05, 0.1) is 53.1 Å². The zero-order valence-electron chi connectivity index (χ0n) is 33.9. The number of nitrogens with zero attached hydrogens (tertiary/aromatic N) is 4. The Kier molecular flexibility index (Phi) is 14.2. The number of benzene rings is 3. The second-order valence-corrected chi connectivity index (χ2v) is 15.8. The van der Waals surface area contributed by atoms with E-state index in [9.17, 15) is 14.9 Å². The minimum Gasteiger partial charge on any atom is -0.497 e. The summed E-state index contributed by atoms with van der Waals surface area (Å²) >= 11 is 0. The molecule has 5 atom stereocenters. The van der Waals surface area contributed by atoms with E-state index in [2.05, 4.69) is 43.4 Å². The fourth-order valence-electron chi connectivity index (χ4n) is 7.62. The molecule has 16 heteroatoms. The van der Waals surface area contributed by atoms with Crippen molar-refractivity contribution >= 4 is 8.53 Å². The van der Waals surface area contributed by atoms with Gasteiger partial charge < -0.3 is 32.7 Å². The number of methoxy groups -OCH3 is 3. The van der Waals surface area contributed by atoms with Gasteiger partial charge in [0.2, 0.25) is 5.79 Å². The molecule has 0 spiro atoms. The first kappa shape index (κ1) is 43.1. The second-order valence-electron chi connectivity index (χ2n) is 14.4. The van der Waals surface area contributed by atoms with Crippen molar-refractivity contribution in [2.24, 2.45) is 0 Å². The quantitative estimate of drug-likeness (QED) is 0.0658. The van der Waals surface area contributed by atoms with Gasteiger partial charge in [0.1, 0.15) is 29.2 Å². The van der Waals surface area contributed by atoms with E-state index in [0.29, 0.717) is 11.5 Å². The van der Waals surface area contributed by atoms with Crippen LogP contribution >= 0.6 is 8.53 Å². The SMILES string of the molecule is COCCON1C[C@@]2(OC(c3ccccc3)(c3ccc(OC)cc3)c3ccc(OC)cc3)O[C@H](n3ccc(=O)[nH]c3=O)[C@H]1[C@@H]2OP(OCCC#N)N(C(C)C)C(C)C. The number of fused-ring (bicyclic) bond motifs is 2. The monoisotopic (exact) mass is 817 g/mol. The zero-order chi connectivity index (χ0) is 41.5. The minimum atomic E-state index is -1.89. The van der Waals surface area contributed by atoms with Gasteiger partial charge in [0.25, 0.3) is 14.1 Å². The number of nitriles is 1. The van der Waals surface area contributed by atoms with Gasteiger partial charge in [-0.15, -0.1) is 0 Å². The molecule has 1 aromatic heterocycles. The molecule has 1 N–H and O–H groups in total. The van der Waals surface area contributed by atoms with Crippen LogP contribution in [0.4, 0.5) is 0 Å². The van der Waals surface area contributed by atoms with Crippen LogP contribution in [0.5, 0.6) is 11.5 Å². The number of hydrogen-bond acceptors (Lipinski definition) is 13. The average Bonchev–Trinajstić information content (AvgIpc) is 3.67. The summed E-state index contributed by atoms with van der Waals surface area (Å²) < 4.78 is 48.6. The Balaban J connectivity index is 1.62. The van der Waals surface area contributed by atoms with Crippen LogP contribution in [-0.2, 0) is 33.7 Å². The summed E-state index contributed by atoms with van der Waals surface area (Å²) in [5, 5.41) is 11.2. The normalized spacial score (nSPS) is 21.2. The van der Waals surface area contributed by atoms with Crippen molar-refractivity contribution in [3.05, 3.63) is 129 Å². The first-order chi connectivity index (χ1) is 28.0. The predicted molar refractivity (Wildman–Crippen MR) is 216 cm³/mol.